The Kier molecular flexibility index (Phi) is 5.84. The second-order valence-electron chi connectivity index (χ2n) is 4.04. The molecule has 0 aliphatic heterocycles. The third-order valence-electron chi connectivity index (χ3n) is 2.68. The van der Waals surface area contributed by atoms with E-state index in [0.717, 1.165) is 12.2 Å². The Bertz CT molecular complexity index is 430. The number of carbonyl (C=O) groups excluding carboxylic acids is 2. The van der Waals surface area contributed by atoms with Crippen molar-refractivity contribution in [1.29, 1.82) is 0 Å². The fourth-order valence-electron chi connectivity index (χ4n) is 1.61. The van der Waals surface area contributed by atoms with E-state index in [1.807, 2.05) is 17.7 Å². The van der Waals surface area contributed by atoms with Gasteiger partial charge in [0.15, 0.2) is 0 Å². The lowest BCUT2D eigenvalue weighted by Crippen LogP contribution is -2.45. The highest BCUT2D eigenvalue weighted by Crippen LogP contribution is 1.97. The van der Waals surface area contributed by atoms with Crippen LogP contribution in [0, 0.1) is 0 Å². The smallest absolute Gasteiger partial charge is 0.407 e. The standard InChI is InChI=1S/C12H20N4O3/c1-4-10-13-5-7-16(10)8-6-14-11(17)9(2)15-12(18)19-3/h5,7,9H,4,6,8H2,1-3H3,(H,14,17)(H,15,18)/t9-/m0/s1. The molecule has 7 heteroatoms. The molecule has 0 aromatic carbocycles. The lowest BCUT2D eigenvalue weighted by atomic mass is 10.3. The van der Waals surface area contributed by atoms with Crippen LogP contribution in [0.3, 0.4) is 0 Å². The first kappa shape index (κ1) is 15.0. The van der Waals surface area contributed by atoms with Crippen LogP contribution in [-0.4, -0.2) is 41.2 Å². The third-order valence-corrected chi connectivity index (χ3v) is 2.68. The van der Waals surface area contributed by atoms with Crippen molar-refractivity contribution in [2.75, 3.05) is 13.7 Å². The van der Waals surface area contributed by atoms with Gasteiger partial charge in [-0.05, 0) is 6.92 Å². The number of hydrogen-bond acceptors (Lipinski definition) is 4. The molecule has 2 amide bonds. The zero-order valence-electron chi connectivity index (χ0n) is 11.5. The zero-order valence-corrected chi connectivity index (χ0v) is 11.5. The van der Waals surface area contributed by atoms with Crippen LogP contribution in [0.15, 0.2) is 12.4 Å². The summed E-state index contributed by atoms with van der Waals surface area (Å²) in [4.78, 5) is 26.8. The summed E-state index contributed by atoms with van der Waals surface area (Å²) in [6.07, 6.45) is 3.84. The van der Waals surface area contributed by atoms with Crippen molar-refractivity contribution in [3.63, 3.8) is 0 Å². The summed E-state index contributed by atoms with van der Waals surface area (Å²) in [6.45, 7) is 4.76. The second kappa shape index (κ2) is 7.40. The van der Waals surface area contributed by atoms with Crippen molar-refractivity contribution in [2.45, 2.75) is 32.9 Å². The van der Waals surface area contributed by atoms with E-state index in [2.05, 4.69) is 20.4 Å². The van der Waals surface area contributed by atoms with E-state index >= 15 is 0 Å². The summed E-state index contributed by atoms with van der Waals surface area (Å²) in [6, 6.07) is -0.624. The van der Waals surface area contributed by atoms with Crippen LogP contribution in [0.5, 0.6) is 0 Å². The van der Waals surface area contributed by atoms with Gasteiger partial charge in [0.25, 0.3) is 0 Å². The van der Waals surface area contributed by atoms with Gasteiger partial charge < -0.3 is 19.9 Å². The van der Waals surface area contributed by atoms with Crippen molar-refractivity contribution < 1.29 is 14.3 Å². The number of alkyl carbamates (subject to hydrolysis) is 1. The van der Waals surface area contributed by atoms with E-state index in [0.29, 0.717) is 13.1 Å². The first-order valence-corrected chi connectivity index (χ1v) is 6.20. The minimum atomic E-state index is -0.624. The number of methoxy groups -OCH3 is 1. The lowest BCUT2D eigenvalue weighted by Gasteiger charge is -2.13. The van der Waals surface area contributed by atoms with Crippen molar-refractivity contribution >= 4 is 12.0 Å². The van der Waals surface area contributed by atoms with Gasteiger partial charge in [-0.25, -0.2) is 9.78 Å². The van der Waals surface area contributed by atoms with Gasteiger partial charge >= 0.3 is 6.09 Å². The summed E-state index contributed by atoms with van der Waals surface area (Å²) in [7, 11) is 1.26. The van der Waals surface area contributed by atoms with Gasteiger partial charge in [0, 0.05) is 31.9 Å². The van der Waals surface area contributed by atoms with E-state index in [4.69, 9.17) is 0 Å². The SMILES string of the molecule is CCc1nccn1CCNC(=O)[C@H](C)NC(=O)OC. The van der Waals surface area contributed by atoms with Gasteiger partial charge in [0.2, 0.25) is 5.91 Å². The molecule has 0 saturated carbocycles. The Labute approximate surface area is 112 Å². The molecule has 0 unspecified atom stereocenters. The van der Waals surface area contributed by atoms with Crippen molar-refractivity contribution in [2.24, 2.45) is 0 Å². The molecule has 0 aliphatic carbocycles. The molecule has 1 heterocycles. The van der Waals surface area contributed by atoms with Crippen molar-refractivity contribution in [3.05, 3.63) is 18.2 Å². The quantitative estimate of drug-likeness (QED) is 0.777. The van der Waals surface area contributed by atoms with E-state index in [9.17, 15) is 9.59 Å². The van der Waals surface area contributed by atoms with Crippen LogP contribution in [0.4, 0.5) is 4.79 Å². The summed E-state index contributed by atoms with van der Waals surface area (Å²) < 4.78 is 6.41. The number of nitrogens with zero attached hydrogens (tertiary/aromatic N) is 2. The monoisotopic (exact) mass is 268 g/mol. The number of rotatable bonds is 6. The van der Waals surface area contributed by atoms with Crippen LogP contribution < -0.4 is 10.6 Å². The molecule has 2 N–H and O–H groups in total. The summed E-state index contributed by atoms with van der Waals surface area (Å²) in [5.74, 6) is 0.735. The Morgan fingerprint density at radius 2 is 2.26 bits per heavy atom. The molecule has 0 fully saturated rings. The Balaban J connectivity index is 2.32. The average Bonchev–Trinajstić information content (AvgIpc) is 2.85. The molecule has 7 nitrogen and oxygen atoms in total. The van der Waals surface area contributed by atoms with E-state index in [1.54, 1.807) is 13.1 Å². The summed E-state index contributed by atoms with van der Waals surface area (Å²) in [5.41, 5.74) is 0. The maximum atomic E-state index is 11.7. The Morgan fingerprint density at radius 3 is 2.89 bits per heavy atom. The molecule has 0 radical (unpaired) electrons. The van der Waals surface area contributed by atoms with Crippen molar-refractivity contribution in [1.82, 2.24) is 20.2 Å². The Morgan fingerprint density at radius 1 is 1.53 bits per heavy atom. The average molecular weight is 268 g/mol. The predicted molar refractivity (Wildman–Crippen MR) is 69.6 cm³/mol. The minimum absolute atomic E-state index is 0.247. The predicted octanol–water partition coefficient (Wildman–Crippen LogP) is 0.306. The van der Waals surface area contributed by atoms with Crippen LogP contribution in [0.1, 0.15) is 19.7 Å². The number of amides is 2. The van der Waals surface area contributed by atoms with Gasteiger partial charge in [-0.2, -0.15) is 0 Å². The lowest BCUT2D eigenvalue weighted by molar-refractivity contribution is -0.122. The molecule has 0 bridgehead atoms. The molecule has 0 aliphatic rings. The molecule has 1 rings (SSSR count). The highest BCUT2D eigenvalue weighted by atomic mass is 16.5. The van der Waals surface area contributed by atoms with Gasteiger partial charge in [-0.3, -0.25) is 4.79 Å². The first-order chi connectivity index (χ1) is 9.08. The van der Waals surface area contributed by atoms with E-state index < -0.39 is 12.1 Å². The molecular formula is C12H20N4O3. The molecule has 1 atom stereocenters. The fourth-order valence-corrected chi connectivity index (χ4v) is 1.61. The minimum Gasteiger partial charge on any atom is -0.453 e. The van der Waals surface area contributed by atoms with Crippen LogP contribution in [0.2, 0.25) is 0 Å². The highest BCUT2D eigenvalue weighted by molar-refractivity contribution is 5.85. The van der Waals surface area contributed by atoms with Gasteiger partial charge in [-0.15, -0.1) is 0 Å². The number of hydrogen-bond donors (Lipinski definition) is 2. The number of carbonyl (C=O) groups is 2. The molecule has 1 aromatic rings. The van der Waals surface area contributed by atoms with E-state index in [1.165, 1.54) is 7.11 Å². The third kappa shape index (κ3) is 4.61. The fraction of sp³-hybridized carbons (Fsp3) is 0.583. The maximum absolute atomic E-state index is 11.7. The maximum Gasteiger partial charge on any atom is 0.407 e. The number of aryl methyl sites for hydroxylation is 1. The van der Waals surface area contributed by atoms with Crippen LogP contribution in [0.25, 0.3) is 0 Å². The summed E-state index contributed by atoms with van der Waals surface area (Å²) >= 11 is 0. The normalized spacial score (nSPS) is 11.7. The van der Waals surface area contributed by atoms with Gasteiger partial charge in [0.1, 0.15) is 11.9 Å². The molecule has 0 saturated heterocycles. The Hall–Kier alpha value is -2.05. The molecule has 106 valence electrons. The molecule has 0 spiro atoms. The number of nitrogens with one attached hydrogen (secondary N) is 2. The second-order valence-corrected chi connectivity index (χ2v) is 4.04. The first-order valence-electron chi connectivity index (χ1n) is 6.20. The topological polar surface area (TPSA) is 85.3 Å². The van der Waals surface area contributed by atoms with Crippen LogP contribution >= 0.6 is 0 Å². The van der Waals surface area contributed by atoms with Gasteiger partial charge in [-0.1, -0.05) is 6.92 Å². The van der Waals surface area contributed by atoms with Gasteiger partial charge in [0.05, 0.1) is 7.11 Å². The molecule has 19 heavy (non-hydrogen) atoms. The number of aromatic nitrogens is 2. The number of imidazole rings is 1. The van der Waals surface area contributed by atoms with Crippen molar-refractivity contribution in [3.8, 4) is 0 Å². The zero-order chi connectivity index (χ0) is 14.3. The largest absolute Gasteiger partial charge is 0.453 e. The summed E-state index contributed by atoms with van der Waals surface area (Å²) in [5, 5.41) is 5.15. The highest BCUT2D eigenvalue weighted by Gasteiger charge is 2.14. The molecular weight excluding hydrogens is 248 g/mol. The number of ether oxygens (including phenoxy) is 1. The van der Waals surface area contributed by atoms with E-state index in [-0.39, 0.29) is 5.91 Å². The van der Waals surface area contributed by atoms with Crippen LogP contribution in [-0.2, 0) is 22.5 Å². The molecule has 1 aromatic heterocycles.